The van der Waals surface area contributed by atoms with Crippen molar-refractivity contribution in [3.63, 3.8) is 0 Å². The lowest BCUT2D eigenvalue weighted by Gasteiger charge is -2.17. The van der Waals surface area contributed by atoms with Crippen LogP contribution in [0.5, 0.6) is 0 Å². The van der Waals surface area contributed by atoms with E-state index in [9.17, 15) is 17.6 Å². The number of hydrogen-bond donors (Lipinski definition) is 1. The number of hydrogen-bond acceptors (Lipinski definition) is 3. The molecule has 5 nitrogen and oxygen atoms in total. The molecule has 2 aromatic carbocycles. The normalized spacial score (nSPS) is 11.5. The summed E-state index contributed by atoms with van der Waals surface area (Å²) in [6.45, 7) is -0.442. The molecule has 0 saturated heterocycles. The van der Waals surface area contributed by atoms with E-state index >= 15 is 0 Å². The van der Waals surface area contributed by atoms with E-state index in [1.807, 2.05) is 0 Å². The molecule has 128 valence electrons. The molecular formula is C15H13Cl2FN2O3S. The van der Waals surface area contributed by atoms with Crippen LogP contribution in [-0.4, -0.2) is 32.2 Å². The molecule has 0 radical (unpaired) electrons. The number of amides is 1. The number of sulfonamides is 1. The molecular weight excluding hydrogens is 378 g/mol. The van der Waals surface area contributed by atoms with Gasteiger partial charge < -0.3 is 5.32 Å². The molecule has 0 bridgehead atoms. The Labute approximate surface area is 149 Å². The summed E-state index contributed by atoms with van der Waals surface area (Å²) in [5.74, 6) is -1.14. The van der Waals surface area contributed by atoms with Crippen molar-refractivity contribution in [2.75, 3.05) is 18.9 Å². The minimum atomic E-state index is -3.91. The number of carbonyl (C=O) groups is 1. The molecule has 2 aromatic rings. The van der Waals surface area contributed by atoms with E-state index in [1.165, 1.54) is 7.05 Å². The number of anilines is 1. The highest BCUT2D eigenvalue weighted by molar-refractivity contribution is 7.89. The van der Waals surface area contributed by atoms with E-state index in [0.717, 1.165) is 28.6 Å². The van der Waals surface area contributed by atoms with Crippen molar-refractivity contribution in [3.05, 3.63) is 58.3 Å². The summed E-state index contributed by atoms with van der Waals surface area (Å²) >= 11 is 11.8. The third kappa shape index (κ3) is 4.24. The summed E-state index contributed by atoms with van der Waals surface area (Å²) in [7, 11) is -2.67. The van der Waals surface area contributed by atoms with Crippen molar-refractivity contribution in [3.8, 4) is 0 Å². The second-order valence-electron chi connectivity index (χ2n) is 4.86. The van der Waals surface area contributed by atoms with Gasteiger partial charge >= 0.3 is 0 Å². The first kappa shape index (κ1) is 18.7. The zero-order valence-electron chi connectivity index (χ0n) is 12.5. The van der Waals surface area contributed by atoms with Gasteiger partial charge in [0.2, 0.25) is 15.9 Å². The predicted octanol–water partition coefficient (Wildman–Crippen LogP) is 3.39. The second-order valence-corrected chi connectivity index (χ2v) is 7.69. The smallest absolute Gasteiger partial charge is 0.243 e. The van der Waals surface area contributed by atoms with Gasteiger partial charge in [-0.3, -0.25) is 4.79 Å². The number of likely N-dealkylation sites (N-methyl/N-ethyl adjacent to an activating group) is 1. The zero-order chi connectivity index (χ0) is 17.9. The molecule has 0 saturated carbocycles. The first-order chi connectivity index (χ1) is 11.2. The average molecular weight is 391 g/mol. The summed E-state index contributed by atoms with van der Waals surface area (Å²) in [5.41, 5.74) is 0.279. The van der Waals surface area contributed by atoms with E-state index in [2.05, 4.69) is 5.32 Å². The molecule has 1 N–H and O–H groups in total. The van der Waals surface area contributed by atoms with Crippen molar-refractivity contribution in [2.45, 2.75) is 4.90 Å². The fourth-order valence-corrected chi connectivity index (χ4v) is 3.34. The van der Waals surface area contributed by atoms with Crippen LogP contribution in [-0.2, 0) is 14.8 Å². The Morgan fingerprint density at radius 3 is 2.42 bits per heavy atom. The maximum atomic E-state index is 12.9. The lowest BCUT2D eigenvalue weighted by atomic mass is 10.3. The van der Waals surface area contributed by atoms with Gasteiger partial charge in [-0.15, -0.1) is 0 Å². The maximum absolute atomic E-state index is 12.9. The van der Waals surface area contributed by atoms with Crippen LogP contribution in [0.1, 0.15) is 0 Å². The number of carbonyl (C=O) groups excluding carboxylic acids is 1. The molecule has 1 amide bonds. The summed E-state index contributed by atoms with van der Waals surface area (Å²) in [6, 6.07) is 9.03. The molecule has 0 aromatic heterocycles. The highest BCUT2D eigenvalue weighted by atomic mass is 35.5. The molecule has 0 aliphatic rings. The van der Waals surface area contributed by atoms with Crippen LogP contribution < -0.4 is 5.32 Å². The van der Waals surface area contributed by atoms with E-state index in [1.54, 1.807) is 18.2 Å². The highest BCUT2D eigenvalue weighted by Gasteiger charge is 2.23. The van der Waals surface area contributed by atoms with E-state index in [0.29, 0.717) is 0 Å². The summed E-state index contributed by atoms with van der Waals surface area (Å²) in [5, 5.41) is 2.92. The van der Waals surface area contributed by atoms with Gasteiger partial charge in [-0.2, -0.15) is 4.31 Å². The molecule has 0 unspecified atom stereocenters. The molecule has 0 aliphatic carbocycles. The van der Waals surface area contributed by atoms with Crippen molar-refractivity contribution >= 4 is 44.8 Å². The van der Waals surface area contributed by atoms with Crippen LogP contribution >= 0.6 is 23.2 Å². The number of benzene rings is 2. The zero-order valence-corrected chi connectivity index (χ0v) is 14.8. The van der Waals surface area contributed by atoms with Gasteiger partial charge in [0.05, 0.1) is 27.2 Å². The Kier molecular flexibility index (Phi) is 5.82. The van der Waals surface area contributed by atoms with Crippen molar-refractivity contribution in [1.82, 2.24) is 4.31 Å². The van der Waals surface area contributed by atoms with Crippen LogP contribution in [0.3, 0.4) is 0 Å². The third-order valence-electron chi connectivity index (χ3n) is 3.11. The van der Waals surface area contributed by atoms with E-state index in [-0.39, 0.29) is 20.6 Å². The fraction of sp³-hybridized carbons (Fsp3) is 0.133. The van der Waals surface area contributed by atoms with Crippen LogP contribution in [0.4, 0.5) is 10.1 Å². The largest absolute Gasteiger partial charge is 0.324 e. The Bertz CT molecular complexity index is 858. The van der Waals surface area contributed by atoms with Crippen molar-refractivity contribution in [1.29, 1.82) is 0 Å². The minimum absolute atomic E-state index is 0.111. The molecule has 0 aliphatic heterocycles. The number of rotatable bonds is 5. The Morgan fingerprint density at radius 2 is 1.79 bits per heavy atom. The van der Waals surface area contributed by atoms with Crippen LogP contribution in [0.2, 0.25) is 10.0 Å². The summed E-state index contributed by atoms with van der Waals surface area (Å²) in [6.07, 6.45) is 0. The maximum Gasteiger partial charge on any atom is 0.243 e. The van der Waals surface area contributed by atoms with Crippen molar-refractivity contribution < 1.29 is 17.6 Å². The lowest BCUT2D eigenvalue weighted by Crippen LogP contribution is -2.35. The molecule has 0 atom stereocenters. The van der Waals surface area contributed by atoms with Gasteiger partial charge in [0.25, 0.3) is 0 Å². The van der Waals surface area contributed by atoms with Gasteiger partial charge in [0.1, 0.15) is 5.82 Å². The monoisotopic (exact) mass is 390 g/mol. The first-order valence-corrected chi connectivity index (χ1v) is 8.87. The molecule has 0 heterocycles. The molecule has 9 heteroatoms. The van der Waals surface area contributed by atoms with Gasteiger partial charge in [-0.05, 0) is 36.4 Å². The SMILES string of the molecule is CN(CC(=O)Nc1cccc(Cl)c1Cl)S(=O)(=O)c1ccc(F)cc1. The summed E-state index contributed by atoms with van der Waals surface area (Å²) < 4.78 is 38.4. The molecule has 0 fully saturated rings. The summed E-state index contributed by atoms with van der Waals surface area (Å²) in [4.78, 5) is 11.9. The number of nitrogens with zero attached hydrogens (tertiary/aromatic N) is 1. The second kappa shape index (κ2) is 7.48. The highest BCUT2D eigenvalue weighted by Crippen LogP contribution is 2.29. The fourth-order valence-electron chi connectivity index (χ4n) is 1.86. The van der Waals surface area contributed by atoms with E-state index in [4.69, 9.17) is 23.2 Å². The average Bonchev–Trinajstić information content (AvgIpc) is 2.52. The number of nitrogens with one attached hydrogen (secondary N) is 1. The predicted molar refractivity (Wildman–Crippen MR) is 91.3 cm³/mol. The van der Waals surface area contributed by atoms with E-state index < -0.39 is 28.3 Å². The van der Waals surface area contributed by atoms with Gasteiger partial charge in [-0.25, -0.2) is 12.8 Å². The van der Waals surface area contributed by atoms with Gasteiger partial charge in [0.15, 0.2) is 0 Å². The van der Waals surface area contributed by atoms with Crippen LogP contribution in [0.25, 0.3) is 0 Å². The van der Waals surface area contributed by atoms with Crippen LogP contribution in [0.15, 0.2) is 47.4 Å². The van der Waals surface area contributed by atoms with Gasteiger partial charge in [-0.1, -0.05) is 29.3 Å². The van der Waals surface area contributed by atoms with Crippen LogP contribution in [0, 0.1) is 5.82 Å². The number of halogens is 3. The molecule has 0 spiro atoms. The topological polar surface area (TPSA) is 66.5 Å². The Hall–Kier alpha value is -1.67. The lowest BCUT2D eigenvalue weighted by molar-refractivity contribution is -0.116. The molecule has 2 rings (SSSR count). The quantitative estimate of drug-likeness (QED) is 0.850. The molecule has 24 heavy (non-hydrogen) atoms. The Balaban J connectivity index is 2.10. The van der Waals surface area contributed by atoms with Gasteiger partial charge in [0, 0.05) is 7.05 Å². The standard InChI is InChI=1S/C15H13Cl2FN2O3S/c1-20(24(22,23)11-7-5-10(18)6-8-11)9-14(21)19-13-4-2-3-12(16)15(13)17/h2-8H,9H2,1H3,(H,19,21). The third-order valence-corrected chi connectivity index (χ3v) is 5.75. The first-order valence-electron chi connectivity index (χ1n) is 6.67. The Morgan fingerprint density at radius 1 is 1.17 bits per heavy atom. The van der Waals surface area contributed by atoms with Crippen molar-refractivity contribution in [2.24, 2.45) is 0 Å². The minimum Gasteiger partial charge on any atom is -0.324 e.